The van der Waals surface area contributed by atoms with Gasteiger partial charge in [-0.3, -0.25) is 14.4 Å². The lowest BCUT2D eigenvalue weighted by Gasteiger charge is -2.18. The summed E-state index contributed by atoms with van der Waals surface area (Å²) in [5.41, 5.74) is 0. The molecule has 0 rings (SSSR count). The van der Waals surface area contributed by atoms with Gasteiger partial charge in [0.1, 0.15) is 13.2 Å². The van der Waals surface area contributed by atoms with Crippen LogP contribution in [0.25, 0.3) is 0 Å². The molecule has 0 fully saturated rings. The van der Waals surface area contributed by atoms with E-state index in [4.69, 9.17) is 14.2 Å². The molecule has 6 heteroatoms. The van der Waals surface area contributed by atoms with Crippen LogP contribution in [-0.2, 0) is 28.6 Å². The van der Waals surface area contributed by atoms with Crippen molar-refractivity contribution in [2.24, 2.45) is 11.8 Å². The summed E-state index contributed by atoms with van der Waals surface area (Å²) in [5.74, 6) is 0.872. The smallest absolute Gasteiger partial charge is 0.306 e. The van der Waals surface area contributed by atoms with Crippen LogP contribution in [0, 0.1) is 11.8 Å². The van der Waals surface area contributed by atoms with Crippen molar-refractivity contribution in [2.75, 3.05) is 13.2 Å². The summed E-state index contributed by atoms with van der Waals surface area (Å²) in [5, 5.41) is 0. The van der Waals surface area contributed by atoms with E-state index >= 15 is 0 Å². The monoisotopic (exact) mass is 905 g/mol. The molecule has 0 heterocycles. The average molecular weight is 906 g/mol. The van der Waals surface area contributed by atoms with Gasteiger partial charge in [-0.2, -0.15) is 0 Å². The highest BCUT2D eigenvalue weighted by Gasteiger charge is 2.19. The van der Waals surface area contributed by atoms with Crippen LogP contribution in [0.3, 0.4) is 0 Å². The van der Waals surface area contributed by atoms with Gasteiger partial charge in [-0.05, 0) is 31.1 Å². The van der Waals surface area contributed by atoms with Crippen molar-refractivity contribution in [1.29, 1.82) is 0 Å². The molecule has 0 radical (unpaired) electrons. The number of esters is 3. The molecular formula is C58H112O6. The van der Waals surface area contributed by atoms with E-state index in [1.54, 1.807) is 0 Å². The average Bonchev–Trinajstić information content (AvgIpc) is 3.28. The van der Waals surface area contributed by atoms with Crippen molar-refractivity contribution in [2.45, 2.75) is 330 Å². The Morgan fingerprint density at radius 1 is 0.328 bits per heavy atom. The van der Waals surface area contributed by atoms with Crippen molar-refractivity contribution in [3.05, 3.63) is 0 Å². The lowest BCUT2D eigenvalue weighted by Crippen LogP contribution is -2.30. The van der Waals surface area contributed by atoms with Crippen LogP contribution in [-0.4, -0.2) is 37.2 Å². The van der Waals surface area contributed by atoms with E-state index in [-0.39, 0.29) is 31.1 Å². The lowest BCUT2D eigenvalue weighted by molar-refractivity contribution is -0.167. The zero-order valence-electron chi connectivity index (χ0n) is 43.9. The molecule has 0 saturated carbocycles. The van der Waals surface area contributed by atoms with Crippen molar-refractivity contribution < 1.29 is 28.6 Å². The normalized spacial score (nSPS) is 12.5. The van der Waals surface area contributed by atoms with Gasteiger partial charge in [0, 0.05) is 19.3 Å². The Kier molecular flexibility index (Phi) is 49.6. The summed E-state index contributed by atoms with van der Waals surface area (Å²) < 4.78 is 16.9. The van der Waals surface area contributed by atoms with Crippen LogP contribution in [0.4, 0.5) is 0 Å². The summed E-state index contributed by atoms with van der Waals surface area (Å²) in [6.07, 6.45) is 53.7. The number of unbranched alkanes of at least 4 members (excludes halogenated alkanes) is 36. The number of carbonyl (C=O) groups excluding carboxylic acids is 3. The maximum Gasteiger partial charge on any atom is 0.306 e. The maximum absolute atomic E-state index is 12.8. The Morgan fingerprint density at radius 2 is 0.594 bits per heavy atom. The summed E-state index contributed by atoms with van der Waals surface area (Å²) in [6, 6.07) is 0. The molecular weight excluding hydrogens is 793 g/mol. The van der Waals surface area contributed by atoms with Crippen LogP contribution in [0.2, 0.25) is 0 Å². The fraction of sp³-hybridized carbons (Fsp3) is 0.948. The summed E-state index contributed by atoms with van der Waals surface area (Å²) in [6.45, 7) is 11.4. The van der Waals surface area contributed by atoms with Gasteiger partial charge in [0.25, 0.3) is 0 Å². The first kappa shape index (κ1) is 62.4. The van der Waals surface area contributed by atoms with Crippen molar-refractivity contribution in [1.82, 2.24) is 0 Å². The zero-order valence-corrected chi connectivity index (χ0v) is 43.9. The Morgan fingerprint density at radius 3 is 0.891 bits per heavy atom. The second-order valence-electron chi connectivity index (χ2n) is 20.6. The number of hydrogen-bond acceptors (Lipinski definition) is 6. The van der Waals surface area contributed by atoms with Crippen LogP contribution in [0.15, 0.2) is 0 Å². The highest BCUT2D eigenvalue weighted by molar-refractivity contribution is 5.71. The van der Waals surface area contributed by atoms with Crippen molar-refractivity contribution >= 4 is 17.9 Å². The minimum absolute atomic E-state index is 0.0628. The summed E-state index contributed by atoms with van der Waals surface area (Å²) >= 11 is 0. The molecule has 0 spiro atoms. The molecule has 0 N–H and O–H groups in total. The fourth-order valence-electron chi connectivity index (χ4n) is 8.84. The topological polar surface area (TPSA) is 78.9 Å². The second-order valence-corrected chi connectivity index (χ2v) is 20.6. The Hall–Kier alpha value is -1.59. The molecule has 0 aliphatic carbocycles. The van der Waals surface area contributed by atoms with E-state index < -0.39 is 6.10 Å². The van der Waals surface area contributed by atoms with Crippen molar-refractivity contribution in [3.8, 4) is 0 Å². The molecule has 6 nitrogen and oxygen atoms in total. The van der Waals surface area contributed by atoms with Gasteiger partial charge in [-0.15, -0.1) is 0 Å². The molecule has 0 amide bonds. The third-order valence-corrected chi connectivity index (χ3v) is 13.6. The highest BCUT2D eigenvalue weighted by atomic mass is 16.6. The predicted octanol–water partition coefficient (Wildman–Crippen LogP) is 18.9. The Labute approximate surface area is 399 Å². The molecule has 0 aromatic heterocycles. The third kappa shape index (κ3) is 49.8. The van der Waals surface area contributed by atoms with Crippen molar-refractivity contribution in [3.63, 3.8) is 0 Å². The van der Waals surface area contributed by atoms with Gasteiger partial charge in [-0.25, -0.2) is 0 Å². The van der Waals surface area contributed by atoms with Gasteiger partial charge in [0.05, 0.1) is 0 Å². The molecule has 0 aromatic rings. The van der Waals surface area contributed by atoms with Gasteiger partial charge < -0.3 is 14.2 Å². The predicted molar refractivity (Wildman–Crippen MR) is 275 cm³/mol. The molecule has 64 heavy (non-hydrogen) atoms. The summed E-state index contributed by atoms with van der Waals surface area (Å²) in [4.78, 5) is 38.1. The molecule has 0 bridgehead atoms. The number of rotatable bonds is 52. The Balaban J connectivity index is 4.30. The minimum atomic E-state index is -0.763. The van der Waals surface area contributed by atoms with Crippen LogP contribution in [0.5, 0.6) is 0 Å². The molecule has 2 atom stereocenters. The molecule has 1 unspecified atom stereocenters. The standard InChI is InChI=1S/C58H112O6/c1-6-8-9-10-11-12-13-14-15-19-22-28-33-38-43-48-56(59)62-51-55(64-58(61)50-45-40-35-30-25-24-27-32-37-42-47-54(5)7-2)52-63-57(60)49-44-39-34-29-23-20-17-16-18-21-26-31-36-41-46-53(3)4/h53-55H,6-52H2,1-5H3/t54?,55-/m0/s1. The van der Waals surface area contributed by atoms with Gasteiger partial charge >= 0.3 is 17.9 Å². The largest absolute Gasteiger partial charge is 0.462 e. The molecule has 0 saturated heterocycles. The highest BCUT2D eigenvalue weighted by Crippen LogP contribution is 2.18. The first-order valence-electron chi connectivity index (χ1n) is 28.8. The quantitative estimate of drug-likeness (QED) is 0.0344. The molecule has 0 aliphatic rings. The van der Waals surface area contributed by atoms with Gasteiger partial charge in [0.2, 0.25) is 0 Å². The SMILES string of the molecule is CCCCCCCCCCCCCCCCCC(=O)OC[C@@H](COC(=O)CCCCCCCCCCCCCCCCC(C)C)OC(=O)CCCCCCCCCCCCC(C)CC. The van der Waals surface area contributed by atoms with Gasteiger partial charge in [0.15, 0.2) is 6.10 Å². The van der Waals surface area contributed by atoms with Crippen LogP contribution in [0.1, 0.15) is 324 Å². The number of hydrogen-bond donors (Lipinski definition) is 0. The molecule has 0 aliphatic heterocycles. The van der Waals surface area contributed by atoms with E-state index in [9.17, 15) is 14.4 Å². The first-order valence-corrected chi connectivity index (χ1v) is 28.8. The van der Waals surface area contributed by atoms with Gasteiger partial charge in [-0.1, -0.05) is 285 Å². The van der Waals surface area contributed by atoms with E-state index in [0.717, 1.165) is 69.6 Å². The van der Waals surface area contributed by atoms with E-state index in [0.29, 0.717) is 19.3 Å². The van der Waals surface area contributed by atoms with Crippen LogP contribution >= 0.6 is 0 Å². The third-order valence-electron chi connectivity index (χ3n) is 13.6. The number of ether oxygens (including phenoxy) is 3. The molecule has 0 aromatic carbocycles. The maximum atomic E-state index is 12.8. The fourth-order valence-corrected chi connectivity index (χ4v) is 8.84. The van der Waals surface area contributed by atoms with E-state index in [1.807, 2.05) is 0 Å². The minimum Gasteiger partial charge on any atom is -0.462 e. The Bertz CT molecular complexity index is 980. The number of carbonyl (C=O) groups is 3. The summed E-state index contributed by atoms with van der Waals surface area (Å²) in [7, 11) is 0. The lowest BCUT2D eigenvalue weighted by atomic mass is 9.99. The zero-order chi connectivity index (χ0) is 46.8. The van der Waals surface area contributed by atoms with Crippen LogP contribution < -0.4 is 0 Å². The first-order chi connectivity index (χ1) is 31.3. The van der Waals surface area contributed by atoms with E-state index in [1.165, 1.54) is 212 Å². The second kappa shape index (κ2) is 50.8. The van der Waals surface area contributed by atoms with E-state index in [2.05, 4.69) is 34.6 Å². The molecule has 380 valence electrons.